The van der Waals surface area contributed by atoms with Crippen LogP contribution in [0, 0.1) is 33.1 Å². The molecule has 0 spiro atoms. The smallest absolute Gasteiger partial charge is 0.272 e. The first-order valence-corrected chi connectivity index (χ1v) is 5.32. The largest absolute Gasteiger partial charge is 0.453 e. The number of hydrogen-bond acceptors (Lipinski definition) is 4. The number of non-ortho nitro benzene ring substituents is 1. The molecule has 0 heterocycles. The highest BCUT2D eigenvalue weighted by atomic mass is 19.1. The number of nitriles is 1. The van der Waals surface area contributed by atoms with Crippen molar-refractivity contribution >= 4 is 5.69 Å². The van der Waals surface area contributed by atoms with E-state index in [2.05, 4.69) is 0 Å². The van der Waals surface area contributed by atoms with Crippen molar-refractivity contribution < 1.29 is 18.4 Å². The van der Waals surface area contributed by atoms with Gasteiger partial charge in [-0.2, -0.15) is 5.26 Å². The van der Waals surface area contributed by atoms with Gasteiger partial charge >= 0.3 is 0 Å². The average molecular weight is 276 g/mol. The van der Waals surface area contributed by atoms with Crippen molar-refractivity contribution in [2.75, 3.05) is 0 Å². The molecule has 0 atom stereocenters. The van der Waals surface area contributed by atoms with E-state index in [-0.39, 0.29) is 17.1 Å². The lowest BCUT2D eigenvalue weighted by Crippen LogP contribution is -1.94. The molecule has 20 heavy (non-hydrogen) atoms. The lowest BCUT2D eigenvalue weighted by Gasteiger charge is -2.08. The van der Waals surface area contributed by atoms with Gasteiger partial charge in [0.1, 0.15) is 17.6 Å². The molecule has 0 aliphatic rings. The normalized spacial score (nSPS) is 9.85. The molecule has 0 amide bonds. The number of benzene rings is 2. The molecule has 0 bridgehead atoms. The van der Waals surface area contributed by atoms with Crippen LogP contribution in [0.3, 0.4) is 0 Å². The zero-order valence-corrected chi connectivity index (χ0v) is 9.84. The number of nitro benzene ring substituents is 1. The van der Waals surface area contributed by atoms with E-state index in [0.717, 1.165) is 24.3 Å². The summed E-state index contributed by atoms with van der Waals surface area (Å²) in [6.07, 6.45) is 0. The summed E-state index contributed by atoms with van der Waals surface area (Å²) >= 11 is 0. The van der Waals surface area contributed by atoms with Crippen LogP contribution in [0.2, 0.25) is 0 Å². The zero-order chi connectivity index (χ0) is 14.7. The fourth-order valence-electron chi connectivity index (χ4n) is 1.48. The van der Waals surface area contributed by atoms with Gasteiger partial charge in [0.05, 0.1) is 16.6 Å². The van der Waals surface area contributed by atoms with Crippen LogP contribution in [0.25, 0.3) is 0 Å². The molecule has 0 radical (unpaired) electrons. The lowest BCUT2D eigenvalue weighted by molar-refractivity contribution is -0.385. The third kappa shape index (κ3) is 2.70. The second-order valence-corrected chi connectivity index (χ2v) is 3.73. The highest BCUT2D eigenvalue weighted by Gasteiger charge is 2.14. The van der Waals surface area contributed by atoms with Crippen molar-refractivity contribution in [3.8, 4) is 17.6 Å². The van der Waals surface area contributed by atoms with Gasteiger partial charge in [-0.15, -0.1) is 0 Å². The highest BCUT2D eigenvalue weighted by Crippen LogP contribution is 2.29. The monoisotopic (exact) mass is 276 g/mol. The molecule has 100 valence electrons. The Morgan fingerprint density at radius 3 is 2.45 bits per heavy atom. The van der Waals surface area contributed by atoms with Crippen molar-refractivity contribution in [2.24, 2.45) is 0 Å². The highest BCUT2D eigenvalue weighted by molar-refractivity contribution is 5.47. The van der Waals surface area contributed by atoms with Crippen molar-refractivity contribution in [1.82, 2.24) is 0 Å². The van der Waals surface area contributed by atoms with Gasteiger partial charge in [0.25, 0.3) is 5.69 Å². The molecular formula is C13H6F2N2O3. The number of ether oxygens (including phenoxy) is 1. The summed E-state index contributed by atoms with van der Waals surface area (Å²) in [6.45, 7) is 0. The Labute approximate surface area is 111 Å². The Hall–Kier alpha value is -3.01. The first-order valence-electron chi connectivity index (χ1n) is 5.32. The van der Waals surface area contributed by atoms with E-state index in [1.807, 2.05) is 0 Å². The van der Waals surface area contributed by atoms with Crippen LogP contribution in [0.1, 0.15) is 5.56 Å². The molecule has 7 heteroatoms. The van der Waals surface area contributed by atoms with Crippen LogP contribution in [0.5, 0.6) is 11.5 Å². The summed E-state index contributed by atoms with van der Waals surface area (Å²) in [5.41, 5.74) is -0.530. The summed E-state index contributed by atoms with van der Waals surface area (Å²) in [7, 11) is 0. The van der Waals surface area contributed by atoms with Crippen LogP contribution in [-0.2, 0) is 0 Å². The average Bonchev–Trinajstić information content (AvgIpc) is 2.42. The summed E-state index contributed by atoms with van der Waals surface area (Å²) in [4.78, 5) is 9.73. The Balaban J connectivity index is 2.36. The molecule has 0 saturated carbocycles. The number of rotatable bonds is 3. The maximum atomic E-state index is 13.6. The van der Waals surface area contributed by atoms with Gasteiger partial charge in [-0.25, -0.2) is 8.78 Å². The van der Waals surface area contributed by atoms with Gasteiger partial charge in [0.2, 0.25) is 0 Å². The summed E-state index contributed by atoms with van der Waals surface area (Å²) < 4.78 is 31.7. The predicted molar refractivity (Wildman–Crippen MR) is 64.2 cm³/mol. The SMILES string of the molecule is N#Cc1cc(F)ccc1Oc1ccc([N+](=O)[O-])cc1F. The molecule has 0 N–H and O–H groups in total. The van der Waals surface area contributed by atoms with Crippen molar-refractivity contribution in [3.63, 3.8) is 0 Å². The standard InChI is InChI=1S/C13H6F2N2O3/c14-9-1-3-12(8(5-9)7-16)20-13-4-2-10(17(18)19)6-11(13)15/h1-6H. The van der Waals surface area contributed by atoms with E-state index >= 15 is 0 Å². The quantitative estimate of drug-likeness (QED) is 0.634. The van der Waals surface area contributed by atoms with Gasteiger partial charge in [-0.1, -0.05) is 0 Å². The van der Waals surface area contributed by atoms with E-state index in [0.29, 0.717) is 6.07 Å². The summed E-state index contributed by atoms with van der Waals surface area (Å²) in [6, 6.07) is 7.71. The van der Waals surface area contributed by atoms with Gasteiger partial charge in [0.15, 0.2) is 11.6 Å². The Kier molecular flexibility index (Phi) is 3.57. The van der Waals surface area contributed by atoms with Crippen LogP contribution >= 0.6 is 0 Å². The minimum absolute atomic E-state index is 0.0401. The molecule has 0 aliphatic carbocycles. The van der Waals surface area contributed by atoms with E-state index in [4.69, 9.17) is 10.00 Å². The molecule has 2 aromatic carbocycles. The van der Waals surface area contributed by atoms with Crippen LogP contribution in [-0.4, -0.2) is 4.92 Å². The molecular weight excluding hydrogens is 270 g/mol. The first kappa shape index (κ1) is 13.4. The van der Waals surface area contributed by atoms with Crippen LogP contribution < -0.4 is 4.74 Å². The summed E-state index contributed by atoms with van der Waals surface area (Å²) in [5.74, 6) is -1.91. The molecule has 0 saturated heterocycles. The molecule has 2 rings (SSSR count). The van der Waals surface area contributed by atoms with Crippen LogP contribution in [0.15, 0.2) is 36.4 Å². The molecule has 5 nitrogen and oxygen atoms in total. The predicted octanol–water partition coefficient (Wildman–Crippen LogP) is 3.54. The maximum absolute atomic E-state index is 13.6. The second-order valence-electron chi connectivity index (χ2n) is 3.73. The minimum atomic E-state index is -0.951. The molecule has 0 aliphatic heterocycles. The van der Waals surface area contributed by atoms with Crippen molar-refractivity contribution in [3.05, 3.63) is 63.7 Å². The second kappa shape index (κ2) is 5.32. The molecule has 0 fully saturated rings. The van der Waals surface area contributed by atoms with E-state index in [9.17, 15) is 18.9 Å². The maximum Gasteiger partial charge on any atom is 0.272 e. The van der Waals surface area contributed by atoms with Gasteiger partial charge < -0.3 is 4.74 Å². The van der Waals surface area contributed by atoms with E-state index < -0.39 is 22.2 Å². The number of nitrogens with zero attached hydrogens (tertiary/aromatic N) is 2. The minimum Gasteiger partial charge on any atom is -0.453 e. The number of nitro groups is 1. The molecule has 0 unspecified atom stereocenters. The Bertz CT molecular complexity index is 726. The number of hydrogen-bond donors (Lipinski definition) is 0. The van der Waals surface area contributed by atoms with Gasteiger partial charge in [0, 0.05) is 6.07 Å². The Morgan fingerprint density at radius 2 is 1.85 bits per heavy atom. The fraction of sp³-hybridized carbons (Fsp3) is 0. The van der Waals surface area contributed by atoms with Gasteiger partial charge in [-0.05, 0) is 24.3 Å². The zero-order valence-electron chi connectivity index (χ0n) is 9.84. The first-order chi connectivity index (χ1) is 9.51. The van der Waals surface area contributed by atoms with Crippen molar-refractivity contribution in [1.29, 1.82) is 5.26 Å². The Morgan fingerprint density at radius 1 is 1.15 bits per heavy atom. The van der Waals surface area contributed by atoms with Gasteiger partial charge in [-0.3, -0.25) is 10.1 Å². The molecule has 0 aromatic heterocycles. The van der Waals surface area contributed by atoms with E-state index in [1.54, 1.807) is 6.07 Å². The lowest BCUT2D eigenvalue weighted by atomic mass is 10.2. The summed E-state index contributed by atoms with van der Waals surface area (Å²) in [5, 5.41) is 19.3. The fourth-order valence-corrected chi connectivity index (χ4v) is 1.48. The third-order valence-corrected chi connectivity index (χ3v) is 2.41. The topological polar surface area (TPSA) is 76.2 Å². The third-order valence-electron chi connectivity index (χ3n) is 2.41. The van der Waals surface area contributed by atoms with Crippen molar-refractivity contribution in [2.45, 2.75) is 0 Å². The molecule has 2 aromatic rings. The number of halogens is 2. The van der Waals surface area contributed by atoms with E-state index in [1.165, 1.54) is 6.07 Å². The van der Waals surface area contributed by atoms with Crippen LogP contribution in [0.4, 0.5) is 14.5 Å².